The van der Waals surface area contributed by atoms with Crippen LogP contribution in [-0.2, 0) is 23.9 Å². The van der Waals surface area contributed by atoms with Crippen molar-refractivity contribution in [3.63, 3.8) is 0 Å². The Bertz CT molecular complexity index is 678. The molecular weight excluding hydrogens is 364 g/mol. The van der Waals surface area contributed by atoms with Crippen molar-refractivity contribution >= 4 is 38.3 Å². The molecule has 0 saturated carbocycles. The number of sulfone groups is 1. The minimum atomic E-state index is -3.69. The molecule has 24 heavy (non-hydrogen) atoms. The monoisotopic (exact) mass is 392 g/mol. The van der Waals surface area contributed by atoms with E-state index >= 15 is 0 Å². The lowest BCUT2D eigenvalue weighted by atomic mass is 9.96. The summed E-state index contributed by atoms with van der Waals surface area (Å²) in [6, 6.07) is -1.84. The minimum Gasteiger partial charge on any atom is -0.518 e. The van der Waals surface area contributed by atoms with Crippen LogP contribution in [0.15, 0.2) is 0 Å². The number of nitrogens with one attached hydrogen (secondary N) is 1. The number of hydrogen-bond donors (Lipinski definition) is 1. The van der Waals surface area contributed by atoms with Gasteiger partial charge in [0.1, 0.15) is 20.3 Å². The molecule has 0 aliphatic carbocycles. The summed E-state index contributed by atoms with van der Waals surface area (Å²) < 4.78 is 30.1. The molecule has 2 aliphatic heterocycles. The molecule has 2 fully saturated rings. The normalized spacial score (nSPS) is 31.4. The molecule has 2 saturated heterocycles. The topological polar surface area (TPSA) is 92.8 Å². The number of hydrogen-bond acceptors (Lipinski definition) is 6. The highest BCUT2D eigenvalue weighted by Crippen LogP contribution is 2.46. The van der Waals surface area contributed by atoms with Crippen LogP contribution in [0.4, 0.5) is 0 Å². The van der Waals surface area contributed by atoms with Crippen LogP contribution in [0.25, 0.3) is 0 Å². The number of carbonyl (C=O) groups excluding carboxylic acids is 2. The fourth-order valence-electron chi connectivity index (χ4n) is 3.25. The molecule has 2 heterocycles. The van der Waals surface area contributed by atoms with Gasteiger partial charge in [-0.1, -0.05) is 19.6 Å². The largest absolute Gasteiger partial charge is 0.518 e. The summed E-state index contributed by atoms with van der Waals surface area (Å²) in [5.74, 6) is -0.931. The zero-order valence-corrected chi connectivity index (χ0v) is 18.4. The third-order valence-corrected chi connectivity index (χ3v) is 9.10. The summed E-state index contributed by atoms with van der Waals surface area (Å²) in [5.41, 5.74) is 0. The smallest absolute Gasteiger partial charge is 0.317 e. The number of fused-ring (bicyclic) bond motifs is 1. The maximum Gasteiger partial charge on any atom is 0.317 e. The van der Waals surface area contributed by atoms with Crippen LogP contribution < -0.4 is 4.98 Å². The van der Waals surface area contributed by atoms with Crippen molar-refractivity contribution in [3.8, 4) is 0 Å². The Morgan fingerprint density at radius 2 is 1.67 bits per heavy atom. The number of amides is 1. The van der Waals surface area contributed by atoms with E-state index in [0.29, 0.717) is 0 Å². The van der Waals surface area contributed by atoms with E-state index in [2.05, 4.69) is 4.98 Å². The van der Waals surface area contributed by atoms with Crippen LogP contribution >= 0.6 is 0 Å². The van der Waals surface area contributed by atoms with Gasteiger partial charge in [0.25, 0.3) is 0 Å². The Balaban J connectivity index is 2.41. The van der Waals surface area contributed by atoms with Gasteiger partial charge in [-0.3, -0.25) is 9.59 Å². The highest BCUT2D eigenvalue weighted by molar-refractivity contribution is 7.94. The van der Waals surface area contributed by atoms with Gasteiger partial charge in [-0.25, -0.2) is 8.42 Å². The van der Waals surface area contributed by atoms with Gasteiger partial charge in [-0.05, 0) is 33.5 Å². The van der Waals surface area contributed by atoms with Gasteiger partial charge >= 0.3 is 5.97 Å². The number of carbonyl (C=O) groups is 2. The fraction of sp³-hybridized carbons (Fsp3) is 0.857. The lowest BCUT2D eigenvalue weighted by Gasteiger charge is -2.45. The van der Waals surface area contributed by atoms with Crippen molar-refractivity contribution in [2.75, 3.05) is 0 Å². The van der Waals surface area contributed by atoms with Crippen LogP contribution in [0.2, 0.25) is 39.3 Å². The van der Waals surface area contributed by atoms with E-state index < -0.39 is 54.6 Å². The molecule has 0 aromatic heterocycles. The van der Waals surface area contributed by atoms with Crippen LogP contribution in [0.5, 0.6) is 0 Å². The Hall–Kier alpha value is -0.716. The van der Waals surface area contributed by atoms with Gasteiger partial charge in [-0.15, -0.1) is 0 Å². The maximum atomic E-state index is 13.0. The molecule has 0 aromatic carbocycles. The second kappa shape index (κ2) is 5.39. The molecule has 0 radical (unpaired) electrons. The third-order valence-electron chi connectivity index (χ3n) is 4.29. The van der Waals surface area contributed by atoms with E-state index in [1.54, 1.807) is 0 Å². The minimum absolute atomic E-state index is 0.325. The Labute approximate surface area is 146 Å². The molecule has 2 rings (SSSR count). The molecule has 10 heteroatoms. The molecule has 0 spiro atoms. The quantitative estimate of drug-likeness (QED) is 0.564. The van der Waals surface area contributed by atoms with Crippen LogP contribution in [0, 0.1) is 0 Å². The first-order valence-corrected chi connectivity index (χ1v) is 16.5. The predicted molar refractivity (Wildman–Crippen MR) is 97.1 cm³/mol. The molecule has 1 N–H and O–H groups in total. The van der Waals surface area contributed by atoms with E-state index in [1.807, 2.05) is 39.3 Å². The van der Waals surface area contributed by atoms with Crippen molar-refractivity contribution in [2.24, 2.45) is 0 Å². The van der Waals surface area contributed by atoms with Crippen molar-refractivity contribution in [3.05, 3.63) is 0 Å². The van der Waals surface area contributed by atoms with E-state index in [4.69, 9.17) is 4.43 Å². The Morgan fingerprint density at radius 1 is 1.17 bits per heavy atom. The second-order valence-corrected chi connectivity index (χ2v) is 20.9. The van der Waals surface area contributed by atoms with Gasteiger partial charge in [0.05, 0.1) is 4.75 Å². The van der Waals surface area contributed by atoms with Gasteiger partial charge in [0, 0.05) is 0 Å². The SMILES string of the molecule is CC1(C)[C@H](C(=O)O[Si](C)(C)C)N2C(=O)C(N[Si](C)(C)C)[C@H]2S1(=O)=O. The van der Waals surface area contributed by atoms with Crippen molar-refractivity contribution in [2.45, 2.75) is 75.3 Å². The molecule has 1 amide bonds. The van der Waals surface area contributed by atoms with Gasteiger partial charge in [-0.2, -0.15) is 0 Å². The molecule has 0 bridgehead atoms. The zero-order chi connectivity index (χ0) is 18.9. The van der Waals surface area contributed by atoms with Crippen LogP contribution in [-0.4, -0.2) is 64.0 Å². The number of β-lactam (4-membered cyclic amide) rings is 1. The summed E-state index contributed by atoms with van der Waals surface area (Å²) >= 11 is 0. The first kappa shape index (κ1) is 19.6. The summed E-state index contributed by atoms with van der Waals surface area (Å²) in [6.07, 6.45) is 0. The standard InChI is InChI=1S/C14H28N2O5SSi2/c1-14(2)10(13(18)21-24(6,7)8)16-11(17)9(15-23(3,4)5)12(16)22(14,19)20/h9-10,12,15H,1-8H3/t9?,10-,12+/m0/s1. The molecule has 7 nitrogen and oxygen atoms in total. The van der Waals surface area contributed by atoms with Crippen molar-refractivity contribution < 1.29 is 22.4 Å². The van der Waals surface area contributed by atoms with E-state index in [0.717, 1.165) is 0 Å². The zero-order valence-electron chi connectivity index (χ0n) is 15.6. The summed E-state index contributed by atoms with van der Waals surface area (Å²) in [6.45, 7) is 14.6. The molecule has 3 atom stereocenters. The molecular formula is C14H28N2O5SSi2. The maximum absolute atomic E-state index is 13.0. The van der Waals surface area contributed by atoms with Gasteiger partial charge < -0.3 is 14.3 Å². The van der Waals surface area contributed by atoms with Crippen molar-refractivity contribution in [1.29, 1.82) is 0 Å². The fourth-order valence-corrected chi connectivity index (χ4v) is 7.51. The predicted octanol–water partition coefficient (Wildman–Crippen LogP) is 0.902. The first-order chi connectivity index (χ1) is 10.5. The molecule has 138 valence electrons. The van der Waals surface area contributed by atoms with Gasteiger partial charge in [0.2, 0.25) is 14.2 Å². The van der Waals surface area contributed by atoms with E-state index in [-0.39, 0.29) is 5.91 Å². The van der Waals surface area contributed by atoms with E-state index in [9.17, 15) is 18.0 Å². The lowest BCUT2D eigenvalue weighted by molar-refractivity contribution is -0.158. The number of nitrogens with zero attached hydrogens (tertiary/aromatic N) is 1. The third kappa shape index (κ3) is 2.97. The molecule has 0 aromatic rings. The first-order valence-electron chi connectivity index (χ1n) is 8.07. The summed E-state index contributed by atoms with van der Waals surface area (Å²) in [7, 11) is -7.74. The van der Waals surface area contributed by atoms with E-state index in [1.165, 1.54) is 18.7 Å². The van der Waals surface area contributed by atoms with Gasteiger partial charge in [0.15, 0.2) is 15.2 Å². The van der Waals surface area contributed by atoms with Crippen LogP contribution in [0.3, 0.4) is 0 Å². The Morgan fingerprint density at radius 3 is 2.08 bits per heavy atom. The summed E-state index contributed by atoms with van der Waals surface area (Å²) in [5, 5.41) is -0.981. The molecule has 2 aliphatic rings. The highest BCUT2D eigenvalue weighted by Gasteiger charge is 2.72. The second-order valence-electron chi connectivity index (χ2n) is 9.09. The lowest BCUT2D eigenvalue weighted by Crippen LogP contribution is -2.74. The average molecular weight is 393 g/mol. The summed E-state index contributed by atoms with van der Waals surface area (Å²) in [4.78, 5) is 29.7. The molecule has 1 unspecified atom stereocenters. The number of rotatable bonds is 4. The Kier molecular flexibility index (Phi) is 4.40. The highest BCUT2D eigenvalue weighted by atomic mass is 32.2. The van der Waals surface area contributed by atoms with Crippen LogP contribution in [0.1, 0.15) is 13.8 Å². The average Bonchev–Trinajstić information content (AvgIpc) is 2.46. The van der Waals surface area contributed by atoms with Crippen molar-refractivity contribution in [1.82, 2.24) is 9.88 Å².